The van der Waals surface area contributed by atoms with Gasteiger partial charge in [0.1, 0.15) is 0 Å². The first-order chi connectivity index (χ1) is 7.40. The SMILES string of the molecule is OCCCN[C@H]1C[C@H]2C[C@H]1[C@H]1CCC[C@H]21. The molecule has 2 nitrogen and oxygen atoms in total. The van der Waals surface area contributed by atoms with Crippen LogP contribution in [0.15, 0.2) is 0 Å². The van der Waals surface area contributed by atoms with Gasteiger partial charge < -0.3 is 10.4 Å². The molecule has 0 aromatic rings. The van der Waals surface area contributed by atoms with Gasteiger partial charge in [0.25, 0.3) is 0 Å². The van der Waals surface area contributed by atoms with Crippen LogP contribution in [0.4, 0.5) is 0 Å². The lowest BCUT2D eigenvalue weighted by Gasteiger charge is -2.32. The number of aliphatic hydroxyl groups excluding tert-OH is 1. The van der Waals surface area contributed by atoms with Crippen LogP contribution in [0.1, 0.15) is 38.5 Å². The van der Waals surface area contributed by atoms with Gasteiger partial charge in [0.05, 0.1) is 0 Å². The maximum absolute atomic E-state index is 8.78. The summed E-state index contributed by atoms with van der Waals surface area (Å²) in [6.07, 6.45) is 8.37. The quantitative estimate of drug-likeness (QED) is 0.692. The van der Waals surface area contributed by atoms with Crippen molar-refractivity contribution in [3.05, 3.63) is 0 Å². The van der Waals surface area contributed by atoms with E-state index in [-0.39, 0.29) is 0 Å². The van der Waals surface area contributed by atoms with Crippen molar-refractivity contribution in [1.82, 2.24) is 5.32 Å². The Morgan fingerprint density at radius 2 is 1.93 bits per heavy atom. The number of fused-ring (bicyclic) bond motifs is 5. The third-order valence-corrected chi connectivity index (χ3v) is 5.17. The fraction of sp³-hybridized carbons (Fsp3) is 1.00. The number of nitrogens with one attached hydrogen (secondary N) is 1. The number of hydrogen-bond acceptors (Lipinski definition) is 2. The van der Waals surface area contributed by atoms with E-state index in [1.54, 1.807) is 0 Å². The third kappa shape index (κ3) is 1.62. The molecule has 0 heterocycles. The van der Waals surface area contributed by atoms with E-state index in [0.29, 0.717) is 6.61 Å². The van der Waals surface area contributed by atoms with E-state index in [4.69, 9.17) is 5.11 Å². The maximum atomic E-state index is 8.78. The monoisotopic (exact) mass is 209 g/mol. The Labute approximate surface area is 92.4 Å². The molecule has 15 heavy (non-hydrogen) atoms. The van der Waals surface area contributed by atoms with Crippen molar-refractivity contribution in [2.24, 2.45) is 23.7 Å². The molecule has 3 aliphatic rings. The average Bonchev–Trinajstić information content (AvgIpc) is 2.89. The molecule has 2 bridgehead atoms. The van der Waals surface area contributed by atoms with Crippen molar-refractivity contribution in [2.75, 3.05) is 13.2 Å². The maximum Gasteiger partial charge on any atom is 0.0443 e. The molecule has 0 radical (unpaired) electrons. The highest BCUT2D eigenvalue weighted by atomic mass is 16.3. The standard InChI is InChI=1S/C13H23NO/c15-6-2-5-14-13-8-9-7-12(13)11-4-1-3-10(9)11/h9-15H,1-8H2/t9-,10-,11+,12+,13+/m1/s1. The van der Waals surface area contributed by atoms with E-state index in [1.165, 1.54) is 32.1 Å². The van der Waals surface area contributed by atoms with Gasteiger partial charge >= 0.3 is 0 Å². The van der Waals surface area contributed by atoms with Crippen molar-refractivity contribution in [3.63, 3.8) is 0 Å². The predicted octanol–water partition coefficient (Wildman–Crippen LogP) is 1.78. The van der Waals surface area contributed by atoms with Gasteiger partial charge in [-0.3, -0.25) is 0 Å². The number of rotatable bonds is 4. The van der Waals surface area contributed by atoms with Crippen LogP contribution in [0.3, 0.4) is 0 Å². The smallest absolute Gasteiger partial charge is 0.0443 e. The summed E-state index contributed by atoms with van der Waals surface area (Å²) in [7, 11) is 0. The zero-order chi connectivity index (χ0) is 10.3. The largest absolute Gasteiger partial charge is 0.396 e. The molecule has 3 fully saturated rings. The normalized spacial score (nSPS) is 47.4. The molecule has 5 atom stereocenters. The van der Waals surface area contributed by atoms with Gasteiger partial charge in [0.15, 0.2) is 0 Å². The van der Waals surface area contributed by atoms with E-state index in [9.17, 15) is 0 Å². The minimum atomic E-state index is 0.333. The summed E-state index contributed by atoms with van der Waals surface area (Å²) >= 11 is 0. The van der Waals surface area contributed by atoms with Crippen molar-refractivity contribution >= 4 is 0 Å². The summed E-state index contributed by atoms with van der Waals surface area (Å²) in [5.41, 5.74) is 0. The molecule has 0 saturated heterocycles. The van der Waals surface area contributed by atoms with Crippen LogP contribution in [0.25, 0.3) is 0 Å². The van der Waals surface area contributed by atoms with Crippen molar-refractivity contribution in [1.29, 1.82) is 0 Å². The molecule has 0 unspecified atom stereocenters. The van der Waals surface area contributed by atoms with Crippen molar-refractivity contribution < 1.29 is 5.11 Å². The third-order valence-electron chi connectivity index (χ3n) is 5.17. The summed E-state index contributed by atoms with van der Waals surface area (Å²) in [5.74, 6) is 4.21. The van der Waals surface area contributed by atoms with Gasteiger partial charge in [0, 0.05) is 12.6 Å². The molecule has 86 valence electrons. The summed E-state index contributed by atoms with van der Waals surface area (Å²) in [6, 6.07) is 0.792. The lowest BCUT2D eigenvalue weighted by Crippen LogP contribution is -2.39. The van der Waals surface area contributed by atoms with Gasteiger partial charge in [-0.05, 0) is 62.3 Å². The fourth-order valence-corrected chi connectivity index (χ4v) is 4.67. The molecule has 0 amide bonds. The summed E-state index contributed by atoms with van der Waals surface area (Å²) in [6.45, 7) is 1.35. The highest BCUT2D eigenvalue weighted by Gasteiger charge is 2.53. The first-order valence-corrected chi connectivity index (χ1v) is 6.74. The van der Waals surface area contributed by atoms with Crippen LogP contribution in [0.2, 0.25) is 0 Å². The summed E-state index contributed by atoms with van der Waals surface area (Å²) in [4.78, 5) is 0. The van der Waals surface area contributed by atoms with E-state index in [1.807, 2.05) is 0 Å². The van der Waals surface area contributed by atoms with Gasteiger partial charge in [-0.1, -0.05) is 6.42 Å². The summed E-state index contributed by atoms with van der Waals surface area (Å²) in [5, 5.41) is 12.4. The van der Waals surface area contributed by atoms with Crippen LogP contribution in [0.5, 0.6) is 0 Å². The van der Waals surface area contributed by atoms with Crippen LogP contribution in [-0.2, 0) is 0 Å². The van der Waals surface area contributed by atoms with Gasteiger partial charge in [-0.15, -0.1) is 0 Å². The highest BCUT2D eigenvalue weighted by molar-refractivity contribution is 5.05. The van der Waals surface area contributed by atoms with Crippen LogP contribution in [0, 0.1) is 23.7 Å². The second-order valence-electron chi connectivity index (χ2n) is 5.79. The first-order valence-electron chi connectivity index (χ1n) is 6.74. The topological polar surface area (TPSA) is 32.3 Å². The first kappa shape index (κ1) is 10.1. The Morgan fingerprint density at radius 1 is 1.07 bits per heavy atom. The Morgan fingerprint density at radius 3 is 2.80 bits per heavy atom. The van der Waals surface area contributed by atoms with Gasteiger partial charge in [-0.25, -0.2) is 0 Å². The van der Waals surface area contributed by atoms with Crippen molar-refractivity contribution in [3.8, 4) is 0 Å². The summed E-state index contributed by atoms with van der Waals surface area (Å²) < 4.78 is 0. The molecule has 2 N–H and O–H groups in total. The van der Waals surface area contributed by atoms with Crippen LogP contribution >= 0.6 is 0 Å². The Hall–Kier alpha value is -0.0800. The minimum absolute atomic E-state index is 0.333. The Kier molecular flexibility index (Phi) is 2.73. The zero-order valence-corrected chi connectivity index (χ0v) is 9.49. The molecule has 0 aromatic carbocycles. The Bertz CT molecular complexity index is 231. The Balaban J connectivity index is 1.56. The van der Waals surface area contributed by atoms with E-state index in [2.05, 4.69) is 5.32 Å². The second kappa shape index (κ2) is 4.06. The van der Waals surface area contributed by atoms with E-state index >= 15 is 0 Å². The molecule has 0 aromatic heterocycles. The van der Waals surface area contributed by atoms with Gasteiger partial charge in [-0.2, -0.15) is 0 Å². The molecule has 2 heteroatoms. The van der Waals surface area contributed by atoms with Crippen molar-refractivity contribution in [2.45, 2.75) is 44.6 Å². The highest BCUT2D eigenvalue weighted by Crippen LogP contribution is 2.58. The molecule has 3 rings (SSSR count). The van der Waals surface area contributed by atoms with Crippen LogP contribution in [-0.4, -0.2) is 24.3 Å². The molecular formula is C13H23NO. The average molecular weight is 209 g/mol. The second-order valence-corrected chi connectivity index (χ2v) is 5.79. The molecule has 3 saturated carbocycles. The minimum Gasteiger partial charge on any atom is -0.396 e. The predicted molar refractivity (Wildman–Crippen MR) is 60.5 cm³/mol. The van der Waals surface area contributed by atoms with E-state index in [0.717, 1.165) is 42.7 Å². The number of hydrogen-bond donors (Lipinski definition) is 2. The van der Waals surface area contributed by atoms with Crippen LogP contribution < -0.4 is 5.32 Å². The lowest BCUT2D eigenvalue weighted by atomic mass is 9.79. The molecule has 0 aliphatic heterocycles. The molecule has 3 aliphatic carbocycles. The molecular weight excluding hydrogens is 186 g/mol. The van der Waals surface area contributed by atoms with E-state index < -0.39 is 0 Å². The lowest BCUT2D eigenvalue weighted by molar-refractivity contribution is 0.204. The molecule has 0 spiro atoms. The number of aliphatic hydroxyl groups is 1. The van der Waals surface area contributed by atoms with Gasteiger partial charge in [0.2, 0.25) is 0 Å². The fourth-order valence-electron chi connectivity index (χ4n) is 4.67. The zero-order valence-electron chi connectivity index (χ0n) is 9.49.